The topological polar surface area (TPSA) is 63.4 Å². The largest absolute Gasteiger partial charge is 0.327 e. The summed E-state index contributed by atoms with van der Waals surface area (Å²) < 4.78 is 23.6. The van der Waals surface area contributed by atoms with Gasteiger partial charge in [0, 0.05) is 24.9 Å². The number of likely N-dealkylation sites (tertiary alicyclic amines) is 1. The molecule has 5 heteroatoms. The van der Waals surface area contributed by atoms with Crippen molar-refractivity contribution in [1.82, 2.24) is 4.90 Å². The van der Waals surface area contributed by atoms with Gasteiger partial charge in [-0.3, -0.25) is 4.90 Å². The monoisotopic (exact) mass is 260 g/mol. The molecule has 4 atom stereocenters. The van der Waals surface area contributed by atoms with Gasteiger partial charge in [-0.2, -0.15) is 0 Å². The fourth-order valence-electron chi connectivity index (χ4n) is 3.32. The molecule has 0 amide bonds. The molecule has 2 fully saturated rings. The van der Waals surface area contributed by atoms with Gasteiger partial charge in [0.05, 0.1) is 5.25 Å². The first-order chi connectivity index (χ1) is 7.89. The van der Waals surface area contributed by atoms with Crippen LogP contribution in [-0.2, 0) is 9.84 Å². The van der Waals surface area contributed by atoms with Gasteiger partial charge in [0.1, 0.15) is 0 Å². The molecule has 100 valence electrons. The number of piperidine rings is 1. The lowest BCUT2D eigenvalue weighted by molar-refractivity contribution is 0.119. The highest BCUT2D eigenvalue weighted by Gasteiger charge is 2.40. The molecule has 0 spiro atoms. The Kier molecular flexibility index (Phi) is 3.80. The van der Waals surface area contributed by atoms with E-state index in [9.17, 15) is 8.42 Å². The van der Waals surface area contributed by atoms with Crippen LogP contribution in [0.3, 0.4) is 0 Å². The number of hydrogen-bond donors (Lipinski definition) is 1. The molecule has 0 aromatic rings. The van der Waals surface area contributed by atoms with Crippen LogP contribution in [0, 0.1) is 5.92 Å². The first kappa shape index (κ1) is 13.3. The van der Waals surface area contributed by atoms with Crippen molar-refractivity contribution < 1.29 is 8.42 Å². The van der Waals surface area contributed by atoms with Crippen molar-refractivity contribution in [3.63, 3.8) is 0 Å². The van der Waals surface area contributed by atoms with Crippen LogP contribution in [0.4, 0.5) is 0 Å². The summed E-state index contributed by atoms with van der Waals surface area (Å²) in [6.45, 7) is 4.08. The molecule has 4 nitrogen and oxygen atoms in total. The molecule has 0 aromatic carbocycles. The first-order valence-corrected chi connectivity index (χ1v) is 8.53. The Labute approximate surface area is 104 Å². The minimum absolute atomic E-state index is 0.149. The Morgan fingerprint density at radius 1 is 1.24 bits per heavy atom. The lowest BCUT2D eigenvalue weighted by Gasteiger charge is -2.40. The molecule has 1 aliphatic heterocycles. The van der Waals surface area contributed by atoms with Gasteiger partial charge >= 0.3 is 0 Å². The number of sulfone groups is 1. The van der Waals surface area contributed by atoms with Gasteiger partial charge in [0.25, 0.3) is 0 Å². The average Bonchev–Trinajstić information content (AvgIpc) is 2.70. The minimum atomic E-state index is -2.90. The van der Waals surface area contributed by atoms with Gasteiger partial charge < -0.3 is 5.73 Å². The van der Waals surface area contributed by atoms with Crippen LogP contribution < -0.4 is 5.73 Å². The number of hydrogen-bond acceptors (Lipinski definition) is 4. The van der Waals surface area contributed by atoms with Gasteiger partial charge in [-0.05, 0) is 31.7 Å². The van der Waals surface area contributed by atoms with Gasteiger partial charge in [-0.25, -0.2) is 8.42 Å². The standard InChI is InChI=1S/C12H24N2O2S/c1-9-8-14(7-6-10(9)13)11-4-3-5-12(11)17(2,15)16/h9-12H,3-8,13H2,1-2H3. The summed E-state index contributed by atoms with van der Waals surface area (Å²) in [5.74, 6) is 0.476. The molecule has 2 aliphatic rings. The zero-order valence-electron chi connectivity index (χ0n) is 10.8. The van der Waals surface area contributed by atoms with E-state index in [4.69, 9.17) is 5.73 Å². The SMILES string of the molecule is CC1CN(C2CCCC2S(C)(=O)=O)CCC1N. The second kappa shape index (κ2) is 4.86. The maximum absolute atomic E-state index is 11.8. The minimum Gasteiger partial charge on any atom is -0.327 e. The number of nitrogens with zero attached hydrogens (tertiary/aromatic N) is 1. The number of rotatable bonds is 2. The van der Waals surface area contributed by atoms with Crippen molar-refractivity contribution in [2.24, 2.45) is 11.7 Å². The highest BCUT2D eigenvalue weighted by atomic mass is 32.2. The van der Waals surface area contributed by atoms with E-state index in [0.29, 0.717) is 5.92 Å². The summed E-state index contributed by atoms with van der Waals surface area (Å²) in [5, 5.41) is -0.149. The molecule has 1 aliphatic carbocycles. The number of nitrogens with two attached hydrogens (primary N) is 1. The van der Waals surface area contributed by atoms with Gasteiger partial charge in [-0.1, -0.05) is 13.3 Å². The van der Waals surface area contributed by atoms with Crippen LogP contribution in [0.1, 0.15) is 32.6 Å². The van der Waals surface area contributed by atoms with E-state index in [1.165, 1.54) is 6.26 Å². The van der Waals surface area contributed by atoms with Crippen molar-refractivity contribution in [2.75, 3.05) is 19.3 Å². The molecule has 1 saturated heterocycles. The smallest absolute Gasteiger partial charge is 0.151 e. The Balaban J connectivity index is 2.07. The summed E-state index contributed by atoms with van der Waals surface area (Å²) in [6.07, 6.45) is 5.28. The highest BCUT2D eigenvalue weighted by Crippen LogP contribution is 2.31. The molecule has 1 saturated carbocycles. The average molecular weight is 260 g/mol. The second-order valence-electron chi connectivity index (χ2n) is 5.79. The van der Waals surface area contributed by atoms with E-state index in [1.807, 2.05) is 0 Å². The van der Waals surface area contributed by atoms with Crippen molar-refractivity contribution in [3.8, 4) is 0 Å². The predicted molar refractivity (Wildman–Crippen MR) is 69.6 cm³/mol. The summed E-state index contributed by atoms with van der Waals surface area (Å²) in [5.41, 5.74) is 6.01. The van der Waals surface area contributed by atoms with E-state index in [2.05, 4.69) is 11.8 Å². The van der Waals surface area contributed by atoms with Crippen molar-refractivity contribution >= 4 is 9.84 Å². The molecule has 1 heterocycles. The third-order valence-corrected chi connectivity index (χ3v) is 6.09. The van der Waals surface area contributed by atoms with E-state index < -0.39 is 9.84 Å². The van der Waals surface area contributed by atoms with Gasteiger partial charge in [0.15, 0.2) is 9.84 Å². The lowest BCUT2D eigenvalue weighted by Crippen LogP contribution is -2.52. The van der Waals surface area contributed by atoms with Crippen LogP contribution >= 0.6 is 0 Å². The van der Waals surface area contributed by atoms with Crippen LogP contribution in [0.25, 0.3) is 0 Å². The van der Waals surface area contributed by atoms with E-state index in [-0.39, 0.29) is 17.3 Å². The second-order valence-corrected chi connectivity index (χ2v) is 8.06. The fraction of sp³-hybridized carbons (Fsp3) is 1.00. The molecule has 0 aromatic heterocycles. The fourth-order valence-corrected chi connectivity index (χ4v) is 4.79. The maximum atomic E-state index is 11.8. The van der Waals surface area contributed by atoms with E-state index in [1.54, 1.807) is 0 Å². The molecule has 2 N–H and O–H groups in total. The summed E-state index contributed by atoms with van der Waals surface area (Å²) in [6, 6.07) is 0.518. The Morgan fingerprint density at radius 3 is 2.53 bits per heavy atom. The van der Waals surface area contributed by atoms with Crippen LogP contribution in [-0.4, -0.2) is 50.0 Å². The lowest BCUT2D eigenvalue weighted by atomic mass is 9.93. The third kappa shape index (κ3) is 2.83. The molecule has 4 unspecified atom stereocenters. The zero-order chi connectivity index (χ0) is 12.6. The van der Waals surface area contributed by atoms with Crippen LogP contribution in [0.2, 0.25) is 0 Å². The molecular weight excluding hydrogens is 236 g/mol. The van der Waals surface area contributed by atoms with E-state index in [0.717, 1.165) is 38.8 Å². The van der Waals surface area contributed by atoms with Crippen molar-refractivity contribution in [1.29, 1.82) is 0 Å². The summed E-state index contributed by atoms with van der Waals surface area (Å²) >= 11 is 0. The third-order valence-electron chi connectivity index (χ3n) is 4.44. The highest BCUT2D eigenvalue weighted by molar-refractivity contribution is 7.91. The molecule has 0 bridgehead atoms. The predicted octanol–water partition coefficient (Wildman–Crippen LogP) is 0.621. The van der Waals surface area contributed by atoms with E-state index >= 15 is 0 Å². The zero-order valence-corrected chi connectivity index (χ0v) is 11.6. The normalized spacial score (nSPS) is 40.6. The molecule has 0 radical (unpaired) electrons. The Morgan fingerprint density at radius 2 is 1.94 bits per heavy atom. The van der Waals surface area contributed by atoms with Gasteiger partial charge in [-0.15, -0.1) is 0 Å². The van der Waals surface area contributed by atoms with Crippen LogP contribution in [0.5, 0.6) is 0 Å². The molecule has 17 heavy (non-hydrogen) atoms. The first-order valence-electron chi connectivity index (χ1n) is 6.58. The Bertz CT molecular complexity index is 369. The quantitative estimate of drug-likeness (QED) is 0.790. The summed E-state index contributed by atoms with van der Waals surface area (Å²) in [7, 11) is -2.90. The van der Waals surface area contributed by atoms with Crippen molar-refractivity contribution in [3.05, 3.63) is 0 Å². The summed E-state index contributed by atoms with van der Waals surface area (Å²) in [4.78, 5) is 2.37. The van der Waals surface area contributed by atoms with Gasteiger partial charge in [0.2, 0.25) is 0 Å². The molecular formula is C12H24N2O2S. The maximum Gasteiger partial charge on any atom is 0.151 e. The Hall–Kier alpha value is -0.130. The molecule has 2 rings (SSSR count). The van der Waals surface area contributed by atoms with Crippen LogP contribution in [0.15, 0.2) is 0 Å². The van der Waals surface area contributed by atoms with Crippen molar-refractivity contribution in [2.45, 2.75) is 49.9 Å².